The molecule has 34 heavy (non-hydrogen) atoms. The van der Waals surface area contributed by atoms with Gasteiger partial charge in [-0.2, -0.15) is 0 Å². The molecule has 2 aliphatic rings. The molecule has 182 valence electrons. The van der Waals surface area contributed by atoms with Crippen molar-refractivity contribution >= 4 is 10.9 Å². The maximum absolute atomic E-state index is 12.4. The normalized spacial score (nSPS) is 23.1. The monoisotopic (exact) mass is 465 g/mol. The topological polar surface area (TPSA) is 66.1 Å². The Bertz CT molecular complexity index is 1090. The molecule has 1 saturated heterocycles. The summed E-state index contributed by atoms with van der Waals surface area (Å²) < 4.78 is 18.5. The Morgan fingerprint density at radius 1 is 1.15 bits per heavy atom. The van der Waals surface area contributed by atoms with Crippen LogP contribution in [0, 0.1) is 0 Å². The molecule has 0 bridgehead atoms. The quantitative estimate of drug-likeness (QED) is 0.424. The summed E-state index contributed by atoms with van der Waals surface area (Å²) in [7, 11) is 0. The highest BCUT2D eigenvalue weighted by molar-refractivity contribution is 5.85. The number of hydrogen-bond acceptors (Lipinski definition) is 5. The second kappa shape index (κ2) is 10.0. The lowest BCUT2D eigenvalue weighted by molar-refractivity contribution is 0.0179. The number of likely N-dealkylation sites (tertiary alicyclic amines) is 1. The molecule has 0 saturated carbocycles. The summed E-state index contributed by atoms with van der Waals surface area (Å²) >= 11 is 0. The zero-order valence-electron chi connectivity index (χ0n) is 20.3. The number of nitrogens with zero attached hydrogens (tertiary/aromatic N) is 3. The third-order valence-electron chi connectivity index (χ3n) is 7.24. The van der Waals surface area contributed by atoms with Gasteiger partial charge in [0.15, 0.2) is 11.6 Å². The largest absolute Gasteiger partial charge is 0.485 e. The van der Waals surface area contributed by atoms with Crippen LogP contribution in [0.1, 0.15) is 63.0 Å². The third-order valence-corrected chi connectivity index (χ3v) is 7.24. The van der Waals surface area contributed by atoms with E-state index in [2.05, 4.69) is 53.3 Å². The molecule has 0 spiro atoms. The standard InChI is InChI=1S/C27H36FN5O/c1-3-4-7-11-27(25-23(14-19(2)32-27)22-9-5-6-10-24(22)31-25)26-29-15-20(16-30-26)34-21-17-33(18-21)13-8-12-28/h5-6,9-10,15-16,19,21,31-32H,3-4,7-8,11-14,17-18H2,1-2H3. The van der Waals surface area contributed by atoms with Crippen LogP contribution in [0.5, 0.6) is 5.75 Å². The Kier molecular flexibility index (Phi) is 6.84. The Morgan fingerprint density at radius 2 is 1.94 bits per heavy atom. The molecule has 5 rings (SSSR count). The van der Waals surface area contributed by atoms with Gasteiger partial charge in [0.05, 0.1) is 19.1 Å². The van der Waals surface area contributed by atoms with E-state index in [1.165, 1.54) is 35.0 Å². The molecule has 2 atom stereocenters. The predicted molar refractivity (Wildman–Crippen MR) is 133 cm³/mol. The second-order valence-electron chi connectivity index (χ2n) is 9.92. The number of unbranched alkanes of at least 4 members (excludes halogenated alkanes) is 2. The summed E-state index contributed by atoms with van der Waals surface area (Å²) in [6.07, 6.45) is 9.72. The molecule has 4 heterocycles. The summed E-state index contributed by atoms with van der Waals surface area (Å²) in [6, 6.07) is 8.89. The average Bonchev–Trinajstić information content (AvgIpc) is 3.20. The van der Waals surface area contributed by atoms with Crippen LogP contribution in [0.25, 0.3) is 10.9 Å². The molecule has 2 unspecified atom stereocenters. The van der Waals surface area contributed by atoms with Crippen LogP contribution in [0.15, 0.2) is 36.7 Å². The second-order valence-corrected chi connectivity index (χ2v) is 9.92. The minimum Gasteiger partial charge on any atom is -0.485 e. The first-order valence-electron chi connectivity index (χ1n) is 12.8. The van der Waals surface area contributed by atoms with E-state index >= 15 is 0 Å². The van der Waals surface area contributed by atoms with Gasteiger partial charge in [-0.3, -0.25) is 14.6 Å². The van der Waals surface area contributed by atoms with Gasteiger partial charge in [0, 0.05) is 42.3 Å². The first-order valence-corrected chi connectivity index (χ1v) is 12.8. The highest BCUT2D eigenvalue weighted by atomic mass is 19.1. The van der Waals surface area contributed by atoms with Gasteiger partial charge < -0.3 is 9.72 Å². The van der Waals surface area contributed by atoms with Crippen molar-refractivity contribution in [3.8, 4) is 5.75 Å². The number of para-hydroxylation sites is 1. The molecular formula is C27H36FN5O. The summed E-state index contributed by atoms with van der Waals surface area (Å²) in [5, 5.41) is 5.19. The number of alkyl halides is 1. The Morgan fingerprint density at radius 3 is 2.71 bits per heavy atom. The van der Waals surface area contributed by atoms with E-state index in [-0.39, 0.29) is 12.8 Å². The van der Waals surface area contributed by atoms with E-state index in [0.717, 1.165) is 44.7 Å². The van der Waals surface area contributed by atoms with Crippen molar-refractivity contribution in [2.75, 3.05) is 26.3 Å². The molecule has 3 aromatic rings. The number of fused-ring (bicyclic) bond motifs is 3. The van der Waals surface area contributed by atoms with E-state index in [9.17, 15) is 4.39 Å². The number of aromatic amines is 1. The Labute approximate surface area is 201 Å². The molecule has 2 aliphatic heterocycles. The van der Waals surface area contributed by atoms with Gasteiger partial charge in [-0.25, -0.2) is 9.97 Å². The van der Waals surface area contributed by atoms with Crippen LogP contribution >= 0.6 is 0 Å². The summed E-state index contributed by atoms with van der Waals surface area (Å²) in [6.45, 7) is 6.69. The van der Waals surface area contributed by atoms with Crippen molar-refractivity contribution in [1.82, 2.24) is 25.2 Å². The fourth-order valence-corrected chi connectivity index (χ4v) is 5.60. The van der Waals surface area contributed by atoms with Crippen molar-refractivity contribution in [2.24, 2.45) is 0 Å². The van der Waals surface area contributed by atoms with Crippen molar-refractivity contribution in [2.45, 2.75) is 70.1 Å². The lowest BCUT2D eigenvalue weighted by Crippen LogP contribution is -2.54. The van der Waals surface area contributed by atoms with Gasteiger partial charge in [0.25, 0.3) is 0 Å². The molecule has 2 aromatic heterocycles. The van der Waals surface area contributed by atoms with E-state index in [0.29, 0.717) is 18.2 Å². The van der Waals surface area contributed by atoms with Crippen LogP contribution in [0.2, 0.25) is 0 Å². The summed E-state index contributed by atoms with van der Waals surface area (Å²) in [5.74, 6) is 1.50. The number of hydrogen-bond donors (Lipinski definition) is 2. The fraction of sp³-hybridized carbons (Fsp3) is 0.556. The third kappa shape index (κ3) is 4.43. The van der Waals surface area contributed by atoms with Crippen molar-refractivity contribution < 1.29 is 9.13 Å². The molecule has 6 nitrogen and oxygen atoms in total. The van der Waals surface area contributed by atoms with E-state index < -0.39 is 5.54 Å². The van der Waals surface area contributed by atoms with Crippen molar-refractivity contribution in [3.05, 3.63) is 53.7 Å². The van der Waals surface area contributed by atoms with Crippen LogP contribution in [-0.4, -0.2) is 58.3 Å². The van der Waals surface area contributed by atoms with Crippen LogP contribution in [0.3, 0.4) is 0 Å². The van der Waals surface area contributed by atoms with E-state index in [1.807, 2.05) is 12.4 Å². The number of benzene rings is 1. The predicted octanol–water partition coefficient (Wildman–Crippen LogP) is 4.74. The average molecular weight is 466 g/mol. The maximum atomic E-state index is 12.4. The first kappa shape index (κ1) is 23.2. The number of nitrogens with one attached hydrogen (secondary N) is 2. The van der Waals surface area contributed by atoms with Gasteiger partial charge in [-0.1, -0.05) is 44.4 Å². The zero-order chi connectivity index (χ0) is 23.5. The highest BCUT2D eigenvalue weighted by Gasteiger charge is 2.44. The molecule has 0 amide bonds. The molecule has 2 N–H and O–H groups in total. The minimum absolute atomic E-state index is 0.126. The SMILES string of the molecule is CCCCCC1(c2ncc(OC3CN(CCCF)C3)cn2)NC(C)Cc2c1[nH]c1ccccc21. The van der Waals surface area contributed by atoms with Gasteiger partial charge in [0.2, 0.25) is 0 Å². The summed E-state index contributed by atoms with van der Waals surface area (Å²) in [4.78, 5) is 15.7. The summed E-state index contributed by atoms with van der Waals surface area (Å²) in [5.41, 5.74) is 3.31. The lowest BCUT2D eigenvalue weighted by Gasteiger charge is -2.41. The molecule has 0 radical (unpaired) electrons. The van der Waals surface area contributed by atoms with Gasteiger partial charge in [-0.05, 0) is 37.8 Å². The number of H-pyrrole nitrogens is 1. The fourth-order valence-electron chi connectivity index (χ4n) is 5.60. The highest BCUT2D eigenvalue weighted by Crippen LogP contribution is 2.41. The van der Waals surface area contributed by atoms with Crippen molar-refractivity contribution in [1.29, 1.82) is 0 Å². The zero-order valence-corrected chi connectivity index (χ0v) is 20.3. The van der Waals surface area contributed by atoms with E-state index in [4.69, 9.17) is 14.7 Å². The maximum Gasteiger partial charge on any atom is 0.156 e. The van der Waals surface area contributed by atoms with E-state index in [1.54, 1.807) is 0 Å². The Hall–Kier alpha value is -2.51. The number of aromatic nitrogens is 3. The Balaban J connectivity index is 1.42. The molecular weight excluding hydrogens is 429 g/mol. The minimum atomic E-state index is -0.445. The molecule has 7 heteroatoms. The molecule has 1 aromatic carbocycles. The van der Waals surface area contributed by atoms with Crippen LogP contribution < -0.4 is 10.1 Å². The smallest absolute Gasteiger partial charge is 0.156 e. The van der Waals surface area contributed by atoms with Gasteiger partial charge in [-0.15, -0.1) is 0 Å². The number of rotatable bonds is 10. The number of halogens is 1. The van der Waals surface area contributed by atoms with Crippen molar-refractivity contribution in [3.63, 3.8) is 0 Å². The number of ether oxygens (including phenoxy) is 1. The first-order chi connectivity index (χ1) is 16.6. The molecule has 1 fully saturated rings. The molecule has 0 aliphatic carbocycles. The van der Waals surface area contributed by atoms with Gasteiger partial charge in [0.1, 0.15) is 11.6 Å². The van der Waals surface area contributed by atoms with Crippen LogP contribution in [-0.2, 0) is 12.0 Å². The lowest BCUT2D eigenvalue weighted by atomic mass is 9.79. The van der Waals surface area contributed by atoms with Crippen LogP contribution in [0.4, 0.5) is 4.39 Å². The van der Waals surface area contributed by atoms with Gasteiger partial charge >= 0.3 is 0 Å².